The highest BCUT2D eigenvalue weighted by molar-refractivity contribution is 5.78. The first-order valence-electron chi connectivity index (χ1n) is 7.19. The molecule has 0 bridgehead atoms. The van der Waals surface area contributed by atoms with Crippen LogP contribution < -0.4 is 5.56 Å². The van der Waals surface area contributed by atoms with Gasteiger partial charge in [-0.05, 0) is 12.1 Å². The predicted molar refractivity (Wildman–Crippen MR) is 82.9 cm³/mol. The number of hydrogen-bond acceptors (Lipinski definition) is 5. The van der Waals surface area contributed by atoms with Crippen molar-refractivity contribution in [1.29, 1.82) is 0 Å². The lowest BCUT2D eigenvalue weighted by Gasteiger charge is -2.19. The van der Waals surface area contributed by atoms with Crippen LogP contribution in [0.2, 0.25) is 0 Å². The van der Waals surface area contributed by atoms with Gasteiger partial charge in [-0.2, -0.15) is 0 Å². The van der Waals surface area contributed by atoms with Crippen LogP contribution in [0.15, 0.2) is 29.1 Å². The molecule has 122 valence electrons. The number of nitrogens with zero attached hydrogens (tertiary/aromatic N) is 4. The summed E-state index contributed by atoms with van der Waals surface area (Å²) in [6.45, 7) is 1.75. The normalized spacial score (nSPS) is 12.1. The van der Waals surface area contributed by atoms with Crippen LogP contribution in [0, 0.1) is 5.92 Å². The third-order valence-electron chi connectivity index (χ3n) is 3.56. The molecule has 1 aromatic heterocycles. The zero-order valence-electron chi connectivity index (χ0n) is 13.0. The molecular formula is C15H18N4O4. The number of carbonyl (C=O) groups excluding carboxylic acids is 1. The first-order valence-corrected chi connectivity index (χ1v) is 7.19. The highest BCUT2D eigenvalue weighted by atomic mass is 16.4. The Bertz CT molecular complexity index is 786. The lowest BCUT2D eigenvalue weighted by atomic mass is 10.1. The van der Waals surface area contributed by atoms with E-state index in [1.54, 1.807) is 24.3 Å². The average molecular weight is 318 g/mol. The van der Waals surface area contributed by atoms with E-state index in [1.807, 2.05) is 0 Å². The molecule has 1 heterocycles. The van der Waals surface area contributed by atoms with E-state index in [9.17, 15) is 14.4 Å². The first-order chi connectivity index (χ1) is 10.9. The van der Waals surface area contributed by atoms with Crippen LogP contribution in [-0.4, -0.2) is 50.5 Å². The van der Waals surface area contributed by atoms with Gasteiger partial charge < -0.3 is 10.0 Å². The van der Waals surface area contributed by atoms with Gasteiger partial charge in [-0.25, -0.2) is 4.68 Å². The summed E-state index contributed by atoms with van der Waals surface area (Å²) in [5.41, 5.74) is 0.206. The molecule has 1 N–H and O–H groups in total. The number of amides is 1. The van der Waals surface area contributed by atoms with Crippen molar-refractivity contribution in [1.82, 2.24) is 19.9 Å². The predicted octanol–water partition coefficient (Wildman–Crippen LogP) is 0.361. The molecular weight excluding hydrogens is 300 g/mol. The Hall–Kier alpha value is -2.77. The minimum absolute atomic E-state index is 0.0514. The number of fused-ring (bicyclic) bond motifs is 1. The Morgan fingerprint density at radius 2 is 2.04 bits per heavy atom. The average Bonchev–Trinajstić information content (AvgIpc) is 2.54. The van der Waals surface area contributed by atoms with Crippen molar-refractivity contribution >= 4 is 22.8 Å². The fourth-order valence-corrected chi connectivity index (χ4v) is 2.15. The summed E-state index contributed by atoms with van der Waals surface area (Å²) in [7, 11) is 1.54. The summed E-state index contributed by atoms with van der Waals surface area (Å²) < 4.78 is 1.15. The number of benzene rings is 1. The SMILES string of the molecule is CC(CN(C)C(=O)CCn1nnc2ccccc2c1=O)C(=O)O. The van der Waals surface area contributed by atoms with Gasteiger partial charge in [-0.3, -0.25) is 14.4 Å². The Balaban J connectivity index is 2.03. The van der Waals surface area contributed by atoms with E-state index in [-0.39, 0.29) is 31.0 Å². The van der Waals surface area contributed by atoms with Crippen LogP contribution in [-0.2, 0) is 16.1 Å². The maximum Gasteiger partial charge on any atom is 0.308 e. The van der Waals surface area contributed by atoms with Crippen LogP contribution in [0.3, 0.4) is 0 Å². The summed E-state index contributed by atoms with van der Waals surface area (Å²) in [6.07, 6.45) is 0.0514. The van der Waals surface area contributed by atoms with E-state index in [0.29, 0.717) is 10.9 Å². The van der Waals surface area contributed by atoms with Gasteiger partial charge >= 0.3 is 5.97 Å². The third kappa shape index (κ3) is 3.91. The Labute approximate surface area is 132 Å². The molecule has 0 aliphatic carbocycles. The summed E-state index contributed by atoms with van der Waals surface area (Å²) >= 11 is 0. The largest absolute Gasteiger partial charge is 0.481 e. The Morgan fingerprint density at radius 3 is 2.74 bits per heavy atom. The molecule has 0 saturated heterocycles. The van der Waals surface area contributed by atoms with Crippen LogP contribution in [0.1, 0.15) is 13.3 Å². The summed E-state index contributed by atoms with van der Waals surface area (Å²) in [5, 5.41) is 17.1. The third-order valence-corrected chi connectivity index (χ3v) is 3.56. The van der Waals surface area contributed by atoms with Gasteiger partial charge in [0.15, 0.2) is 0 Å². The number of aryl methyl sites for hydroxylation is 1. The number of aromatic nitrogens is 3. The topological polar surface area (TPSA) is 105 Å². The lowest BCUT2D eigenvalue weighted by Crippen LogP contribution is -2.35. The molecule has 1 aromatic carbocycles. The van der Waals surface area contributed by atoms with Crippen LogP contribution >= 0.6 is 0 Å². The second-order valence-corrected chi connectivity index (χ2v) is 5.40. The van der Waals surface area contributed by atoms with Crippen molar-refractivity contribution in [2.45, 2.75) is 19.9 Å². The fourth-order valence-electron chi connectivity index (χ4n) is 2.15. The molecule has 0 aliphatic heterocycles. The van der Waals surface area contributed by atoms with Gasteiger partial charge in [0, 0.05) is 20.0 Å². The molecule has 8 heteroatoms. The number of carboxylic acids is 1. The molecule has 23 heavy (non-hydrogen) atoms. The molecule has 0 saturated carbocycles. The Morgan fingerprint density at radius 1 is 1.35 bits per heavy atom. The minimum atomic E-state index is -0.957. The molecule has 1 atom stereocenters. The quantitative estimate of drug-likeness (QED) is 0.824. The molecule has 1 amide bonds. The number of carboxylic acid groups (broad SMARTS) is 1. The van der Waals surface area contributed by atoms with Gasteiger partial charge in [0.2, 0.25) is 5.91 Å². The summed E-state index contributed by atoms with van der Waals surface area (Å²) in [4.78, 5) is 36.4. The summed E-state index contributed by atoms with van der Waals surface area (Å²) in [6, 6.07) is 6.86. The number of rotatable bonds is 6. The molecule has 0 aliphatic rings. The van der Waals surface area contributed by atoms with Gasteiger partial charge in [0.1, 0.15) is 5.52 Å². The fraction of sp³-hybridized carbons (Fsp3) is 0.400. The molecule has 0 radical (unpaired) electrons. The van der Waals surface area contributed by atoms with Crippen molar-refractivity contribution in [2.75, 3.05) is 13.6 Å². The second kappa shape index (κ2) is 6.99. The van der Waals surface area contributed by atoms with Gasteiger partial charge in [0.05, 0.1) is 17.8 Å². The first kappa shape index (κ1) is 16.6. The van der Waals surface area contributed by atoms with E-state index in [4.69, 9.17) is 5.11 Å². The Kier molecular flexibility index (Phi) is 5.05. The second-order valence-electron chi connectivity index (χ2n) is 5.40. The molecule has 1 unspecified atom stereocenters. The van der Waals surface area contributed by atoms with Crippen molar-refractivity contribution in [3.05, 3.63) is 34.6 Å². The number of carbonyl (C=O) groups is 2. The molecule has 2 aromatic rings. The van der Waals surface area contributed by atoms with Crippen molar-refractivity contribution < 1.29 is 14.7 Å². The zero-order valence-corrected chi connectivity index (χ0v) is 13.0. The van der Waals surface area contributed by atoms with Gasteiger partial charge in [-0.1, -0.05) is 24.3 Å². The molecule has 2 rings (SSSR count). The maximum atomic E-state index is 12.2. The van der Waals surface area contributed by atoms with Gasteiger partial charge in [0.25, 0.3) is 5.56 Å². The van der Waals surface area contributed by atoms with Crippen LogP contribution in [0.5, 0.6) is 0 Å². The van der Waals surface area contributed by atoms with E-state index < -0.39 is 11.9 Å². The molecule has 0 fully saturated rings. The summed E-state index contributed by atoms with van der Waals surface area (Å²) in [5.74, 6) is -1.85. The molecule has 8 nitrogen and oxygen atoms in total. The van der Waals surface area contributed by atoms with Crippen LogP contribution in [0.4, 0.5) is 0 Å². The number of hydrogen-bond donors (Lipinski definition) is 1. The van der Waals surface area contributed by atoms with E-state index in [1.165, 1.54) is 18.9 Å². The minimum Gasteiger partial charge on any atom is -0.481 e. The van der Waals surface area contributed by atoms with Gasteiger partial charge in [-0.15, -0.1) is 5.10 Å². The monoisotopic (exact) mass is 318 g/mol. The maximum absolute atomic E-state index is 12.2. The smallest absolute Gasteiger partial charge is 0.308 e. The number of aliphatic carboxylic acids is 1. The highest BCUT2D eigenvalue weighted by Crippen LogP contribution is 2.04. The van der Waals surface area contributed by atoms with Crippen molar-refractivity contribution in [3.8, 4) is 0 Å². The highest BCUT2D eigenvalue weighted by Gasteiger charge is 2.17. The van der Waals surface area contributed by atoms with E-state index in [0.717, 1.165) is 4.68 Å². The van der Waals surface area contributed by atoms with Crippen molar-refractivity contribution in [2.24, 2.45) is 5.92 Å². The van der Waals surface area contributed by atoms with E-state index in [2.05, 4.69) is 10.3 Å². The zero-order chi connectivity index (χ0) is 17.0. The van der Waals surface area contributed by atoms with Crippen LogP contribution in [0.25, 0.3) is 10.9 Å². The standard InChI is InChI=1S/C15H18N4O4/c1-10(15(22)23)9-18(2)13(20)7-8-19-14(21)11-5-3-4-6-12(11)16-17-19/h3-6,10H,7-9H2,1-2H3,(H,22,23). The van der Waals surface area contributed by atoms with Crippen molar-refractivity contribution in [3.63, 3.8) is 0 Å². The van der Waals surface area contributed by atoms with E-state index >= 15 is 0 Å². The molecule has 0 spiro atoms. The lowest BCUT2D eigenvalue weighted by molar-refractivity contribution is -0.142.